The Bertz CT molecular complexity index is 577. The number of oxazole rings is 1. The van der Waals surface area contributed by atoms with Crippen LogP contribution < -0.4 is 4.90 Å². The third-order valence-electron chi connectivity index (χ3n) is 3.50. The largest absolute Gasteiger partial charge is 0.480 e. The Morgan fingerprint density at radius 2 is 2.10 bits per heavy atom. The molecule has 6 heteroatoms. The van der Waals surface area contributed by atoms with E-state index in [2.05, 4.69) is 9.88 Å². The molecule has 6 nitrogen and oxygen atoms in total. The number of aliphatic carboxylic acids is 1. The minimum Gasteiger partial charge on any atom is -0.480 e. The first-order valence-electron chi connectivity index (χ1n) is 6.77. The van der Waals surface area contributed by atoms with Crippen LogP contribution in [0.25, 0.3) is 11.1 Å². The van der Waals surface area contributed by atoms with Crippen molar-refractivity contribution < 1.29 is 14.3 Å². The van der Waals surface area contributed by atoms with E-state index >= 15 is 0 Å². The Balaban J connectivity index is 1.72. The van der Waals surface area contributed by atoms with Gasteiger partial charge in [0.15, 0.2) is 5.58 Å². The van der Waals surface area contributed by atoms with Crippen LogP contribution in [-0.2, 0) is 4.79 Å². The molecular weight excluding hydrogens is 258 g/mol. The number of aromatic nitrogens is 1. The molecule has 0 aliphatic carbocycles. The van der Waals surface area contributed by atoms with Crippen LogP contribution in [0.5, 0.6) is 0 Å². The summed E-state index contributed by atoms with van der Waals surface area (Å²) in [7, 11) is 0. The van der Waals surface area contributed by atoms with Gasteiger partial charge in [-0.15, -0.1) is 0 Å². The maximum absolute atomic E-state index is 10.8. The highest BCUT2D eigenvalue weighted by Crippen LogP contribution is 2.22. The van der Waals surface area contributed by atoms with E-state index in [0.29, 0.717) is 12.6 Å². The summed E-state index contributed by atoms with van der Waals surface area (Å²) >= 11 is 0. The molecule has 106 valence electrons. The van der Waals surface area contributed by atoms with Gasteiger partial charge in [0, 0.05) is 26.2 Å². The summed E-state index contributed by atoms with van der Waals surface area (Å²) in [6.45, 7) is 3.18. The summed E-state index contributed by atoms with van der Waals surface area (Å²) in [6, 6.07) is 8.32. The van der Waals surface area contributed by atoms with Gasteiger partial charge in [-0.1, -0.05) is 12.1 Å². The summed E-state index contributed by atoms with van der Waals surface area (Å²) in [5.41, 5.74) is 1.64. The number of para-hydroxylation sites is 2. The maximum Gasteiger partial charge on any atom is 0.317 e. The fraction of sp³-hybridized carbons (Fsp3) is 0.429. The molecule has 0 saturated carbocycles. The zero-order valence-electron chi connectivity index (χ0n) is 11.2. The molecule has 0 unspecified atom stereocenters. The summed E-state index contributed by atoms with van der Waals surface area (Å²) in [6.07, 6.45) is 0.909. The second-order valence-electron chi connectivity index (χ2n) is 4.97. The normalized spacial score (nSPS) is 17.3. The molecule has 2 aromatic rings. The molecule has 1 N–H and O–H groups in total. The fourth-order valence-electron chi connectivity index (χ4n) is 2.51. The van der Waals surface area contributed by atoms with Gasteiger partial charge in [0.05, 0.1) is 6.54 Å². The number of fused-ring (bicyclic) bond motifs is 1. The zero-order chi connectivity index (χ0) is 13.9. The van der Waals surface area contributed by atoms with Gasteiger partial charge in [-0.3, -0.25) is 9.69 Å². The van der Waals surface area contributed by atoms with Crippen molar-refractivity contribution in [3.8, 4) is 0 Å². The predicted octanol–water partition coefficient (Wildman–Crippen LogP) is 1.42. The second-order valence-corrected chi connectivity index (χ2v) is 4.97. The zero-order valence-corrected chi connectivity index (χ0v) is 11.2. The van der Waals surface area contributed by atoms with Gasteiger partial charge in [-0.25, -0.2) is 0 Å². The van der Waals surface area contributed by atoms with E-state index in [1.807, 2.05) is 29.2 Å². The average molecular weight is 275 g/mol. The average Bonchev–Trinajstić information content (AvgIpc) is 2.72. The minimum absolute atomic E-state index is 0.0986. The van der Waals surface area contributed by atoms with Crippen LogP contribution in [-0.4, -0.2) is 53.7 Å². The fourth-order valence-corrected chi connectivity index (χ4v) is 2.51. The van der Waals surface area contributed by atoms with Crippen LogP contribution in [0.2, 0.25) is 0 Å². The molecule has 0 atom stereocenters. The molecule has 3 rings (SSSR count). The van der Waals surface area contributed by atoms with Crippen molar-refractivity contribution in [1.82, 2.24) is 9.88 Å². The molecule has 2 heterocycles. The van der Waals surface area contributed by atoms with E-state index in [1.54, 1.807) is 0 Å². The topological polar surface area (TPSA) is 69.8 Å². The molecular formula is C14H17N3O3. The molecule has 1 aromatic heterocycles. The van der Waals surface area contributed by atoms with Crippen LogP contribution in [0, 0.1) is 0 Å². The van der Waals surface area contributed by atoms with Crippen molar-refractivity contribution in [2.24, 2.45) is 0 Å². The number of anilines is 1. The molecule has 1 aromatic carbocycles. The second kappa shape index (κ2) is 5.50. The number of hydrogen-bond acceptors (Lipinski definition) is 5. The van der Waals surface area contributed by atoms with E-state index in [0.717, 1.165) is 37.2 Å². The summed E-state index contributed by atoms with van der Waals surface area (Å²) < 4.78 is 5.76. The molecule has 1 saturated heterocycles. The lowest BCUT2D eigenvalue weighted by Gasteiger charge is -2.19. The highest BCUT2D eigenvalue weighted by Gasteiger charge is 2.20. The van der Waals surface area contributed by atoms with E-state index < -0.39 is 5.97 Å². The van der Waals surface area contributed by atoms with Gasteiger partial charge < -0.3 is 14.4 Å². The Labute approximate surface area is 116 Å². The molecule has 0 bridgehead atoms. The Morgan fingerprint density at radius 3 is 2.90 bits per heavy atom. The lowest BCUT2D eigenvalue weighted by Crippen LogP contribution is -2.34. The summed E-state index contributed by atoms with van der Waals surface area (Å²) in [5.74, 6) is -0.777. The van der Waals surface area contributed by atoms with E-state index in [4.69, 9.17) is 9.52 Å². The Kier molecular flexibility index (Phi) is 3.56. The summed E-state index contributed by atoms with van der Waals surface area (Å²) in [4.78, 5) is 19.3. The lowest BCUT2D eigenvalue weighted by molar-refractivity contribution is -0.138. The Hall–Kier alpha value is -2.08. The van der Waals surface area contributed by atoms with E-state index in [9.17, 15) is 4.79 Å². The number of carboxylic acids is 1. The van der Waals surface area contributed by atoms with Gasteiger partial charge in [-0.05, 0) is 18.6 Å². The van der Waals surface area contributed by atoms with Crippen molar-refractivity contribution in [2.75, 3.05) is 37.6 Å². The van der Waals surface area contributed by atoms with Crippen LogP contribution >= 0.6 is 0 Å². The monoisotopic (exact) mass is 275 g/mol. The van der Waals surface area contributed by atoms with Crippen molar-refractivity contribution in [3.63, 3.8) is 0 Å². The highest BCUT2D eigenvalue weighted by molar-refractivity contribution is 5.74. The smallest absolute Gasteiger partial charge is 0.317 e. The van der Waals surface area contributed by atoms with Gasteiger partial charge in [0.2, 0.25) is 0 Å². The summed E-state index contributed by atoms with van der Waals surface area (Å²) in [5, 5.41) is 8.85. The molecule has 1 aliphatic rings. The molecule has 0 amide bonds. The van der Waals surface area contributed by atoms with Crippen LogP contribution in [0.4, 0.5) is 6.01 Å². The van der Waals surface area contributed by atoms with Gasteiger partial charge >= 0.3 is 5.97 Å². The van der Waals surface area contributed by atoms with Crippen molar-refractivity contribution in [2.45, 2.75) is 6.42 Å². The van der Waals surface area contributed by atoms with Crippen molar-refractivity contribution in [3.05, 3.63) is 24.3 Å². The first kappa shape index (κ1) is 12.9. The van der Waals surface area contributed by atoms with E-state index in [1.165, 1.54) is 0 Å². The molecule has 0 radical (unpaired) electrons. The number of rotatable bonds is 3. The SMILES string of the molecule is O=C(O)CN1CCCN(c2nc3ccccc3o2)CC1. The predicted molar refractivity (Wildman–Crippen MR) is 74.9 cm³/mol. The Morgan fingerprint density at radius 1 is 1.25 bits per heavy atom. The highest BCUT2D eigenvalue weighted by atomic mass is 16.4. The van der Waals surface area contributed by atoms with Crippen LogP contribution in [0.15, 0.2) is 28.7 Å². The number of nitrogens with zero attached hydrogens (tertiary/aromatic N) is 3. The molecule has 20 heavy (non-hydrogen) atoms. The van der Waals surface area contributed by atoms with Gasteiger partial charge in [0.25, 0.3) is 6.01 Å². The molecule has 1 fully saturated rings. The standard InChI is InChI=1S/C14H17N3O3/c18-13(19)10-16-6-3-7-17(9-8-16)14-15-11-4-1-2-5-12(11)20-14/h1-2,4-5H,3,6-10H2,(H,18,19). The van der Waals surface area contributed by atoms with Crippen molar-refractivity contribution in [1.29, 1.82) is 0 Å². The van der Waals surface area contributed by atoms with Crippen LogP contribution in [0.3, 0.4) is 0 Å². The van der Waals surface area contributed by atoms with Gasteiger partial charge in [0.1, 0.15) is 5.52 Å². The van der Waals surface area contributed by atoms with E-state index in [-0.39, 0.29) is 6.54 Å². The molecule has 1 aliphatic heterocycles. The number of hydrogen-bond donors (Lipinski definition) is 1. The number of benzene rings is 1. The number of carbonyl (C=O) groups is 1. The number of carboxylic acid groups (broad SMARTS) is 1. The third kappa shape index (κ3) is 2.75. The quantitative estimate of drug-likeness (QED) is 0.913. The van der Waals surface area contributed by atoms with Gasteiger partial charge in [-0.2, -0.15) is 4.98 Å². The van der Waals surface area contributed by atoms with Crippen molar-refractivity contribution >= 4 is 23.1 Å². The first-order valence-corrected chi connectivity index (χ1v) is 6.77. The molecule has 0 spiro atoms. The van der Waals surface area contributed by atoms with Crippen LogP contribution in [0.1, 0.15) is 6.42 Å². The minimum atomic E-state index is -0.777. The first-order chi connectivity index (χ1) is 9.72. The maximum atomic E-state index is 10.8. The lowest BCUT2D eigenvalue weighted by atomic mass is 10.3. The third-order valence-corrected chi connectivity index (χ3v) is 3.50.